The van der Waals surface area contributed by atoms with Crippen LogP contribution in [-0.2, 0) is 4.79 Å². The van der Waals surface area contributed by atoms with Crippen molar-refractivity contribution in [3.63, 3.8) is 0 Å². The van der Waals surface area contributed by atoms with Crippen LogP contribution in [-0.4, -0.2) is 37.6 Å². The van der Waals surface area contributed by atoms with Gasteiger partial charge >= 0.3 is 0 Å². The van der Waals surface area contributed by atoms with Crippen LogP contribution in [0.2, 0.25) is 0 Å². The third-order valence-corrected chi connectivity index (χ3v) is 5.86. The van der Waals surface area contributed by atoms with Gasteiger partial charge in [-0.3, -0.25) is 14.9 Å². The molecule has 2 amide bonds. The molecule has 32 heavy (non-hydrogen) atoms. The van der Waals surface area contributed by atoms with Crippen molar-refractivity contribution in [3.05, 3.63) is 52.9 Å². The molecule has 2 N–H and O–H groups in total. The van der Waals surface area contributed by atoms with Crippen molar-refractivity contribution in [2.75, 3.05) is 26.1 Å². The summed E-state index contributed by atoms with van der Waals surface area (Å²) in [5.74, 6) is 1.13. The van der Waals surface area contributed by atoms with E-state index in [4.69, 9.17) is 14.2 Å². The molecular formula is C23H23N3O5S. The molecule has 9 heteroatoms. The molecule has 0 fully saturated rings. The zero-order valence-corrected chi connectivity index (χ0v) is 18.7. The van der Waals surface area contributed by atoms with Crippen molar-refractivity contribution >= 4 is 28.3 Å². The van der Waals surface area contributed by atoms with Gasteiger partial charge in [0.25, 0.3) is 5.91 Å². The lowest BCUT2D eigenvalue weighted by Crippen LogP contribution is -2.30. The monoisotopic (exact) mass is 453 g/mol. The maximum absolute atomic E-state index is 12.9. The Kier molecular flexibility index (Phi) is 6.27. The van der Waals surface area contributed by atoms with Crippen LogP contribution in [0.4, 0.5) is 5.13 Å². The molecule has 1 unspecified atom stereocenters. The van der Waals surface area contributed by atoms with Crippen LogP contribution in [0.5, 0.6) is 17.2 Å². The molecule has 4 rings (SSSR count). The van der Waals surface area contributed by atoms with E-state index in [1.807, 2.05) is 23.6 Å². The van der Waals surface area contributed by atoms with Gasteiger partial charge in [-0.05, 0) is 30.3 Å². The molecule has 3 aromatic rings. The number of thiazole rings is 1. The predicted octanol–water partition coefficient (Wildman–Crippen LogP) is 4.04. The Morgan fingerprint density at radius 2 is 1.91 bits per heavy atom. The predicted molar refractivity (Wildman–Crippen MR) is 122 cm³/mol. The number of rotatable bonds is 6. The molecule has 0 radical (unpaired) electrons. The Morgan fingerprint density at radius 1 is 1.16 bits per heavy atom. The number of amides is 2. The third-order valence-electron chi connectivity index (χ3n) is 5.10. The van der Waals surface area contributed by atoms with Crippen LogP contribution < -0.4 is 24.8 Å². The number of nitrogens with zero attached hydrogens (tertiary/aromatic N) is 1. The van der Waals surface area contributed by atoms with Gasteiger partial charge in [0, 0.05) is 29.9 Å². The van der Waals surface area contributed by atoms with Gasteiger partial charge < -0.3 is 19.5 Å². The summed E-state index contributed by atoms with van der Waals surface area (Å²) < 4.78 is 16.4. The van der Waals surface area contributed by atoms with E-state index >= 15 is 0 Å². The summed E-state index contributed by atoms with van der Waals surface area (Å²) in [5.41, 5.74) is 2.81. The minimum absolute atomic E-state index is 0.0846. The van der Waals surface area contributed by atoms with E-state index < -0.39 is 0 Å². The average molecular weight is 454 g/mol. The van der Waals surface area contributed by atoms with E-state index in [2.05, 4.69) is 15.6 Å². The first-order valence-corrected chi connectivity index (χ1v) is 10.9. The third kappa shape index (κ3) is 4.38. The number of hydrogen-bond donors (Lipinski definition) is 2. The lowest BCUT2D eigenvalue weighted by molar-refractivity contribution is -0.119. The van der Waals surface area contributed by atoms with E-state index in [0.717, 1.165) is 16.9 Å². The number of benzene rings is 2. The summed E-state index contributed by atoms with van der Waals surface area (Å²) in [7, 11) is 3.00. The molecular weight excluding hydrogens is 430 g/mol. The average Bonchev–Trinajstić information content (AvgIpc) is 3.26. The van der Waals surface area contributed by atoms with Crippen LogP contribution in [0.25, 0.3) is 11.3 Å². The quantitative estimate of drug-likeness (QED) is 0.585. The first-order valence-electron chi connectivity index (χ1n) is 10.0. The number of aromatic nitrogens is 1. The van der Waals surface area contributed by atoms with Crippen molar-refractivity contribution in [2.24, 2.45) is 0 Å². The first kappa shape index (κ1) is 21.6. The molecule has 0 bridgehead atoms. The fourth-order valence-corrected chi connectivity index (χ4v) is 4.36. The normalized spacial score (nSPS) is 14.7. The number of fused-ring (bicyclic) bond motifs is 1. The summed E-state index contributed by atoms with van der Waals surface area (Å²) in [4.78, 5) is 29.0. The highest BCUT2D eigenvalue weighted by Gasteiger charge is 2.24. The number of hydrogen-bond acceptors (Lipinski definition) is 7. The molecule has 0 aliphatic carbocycles. The maximum atomic E-state index is 12.9. The van der Waals surface area contributed by atoms with Gasteiger partial charge in [-0.2, -0.15) is 0 Å². The van der Waals surface area contributed by atoms with Crippen molar-refractivity contribution in [1.29, 1.82) is 0 Å². The molecule has 1 aliphatic heterocycles. The van der Waals surface area contributed by atoms with Crippen LogP contribution in [0.3, 0.4) is 0 Å². The second-order valence-corrected chi connectivity index (χ2v) is 8.03. The Hall–Kier alpha value is -3.59. The zero-order chi connectivity index (χ0) is 22.7. The SMILES string of the molecule is COc1cccc(OC)c1C(=O)Nc1nc(-c2ccc3c(c2)C(NC(C)=O)CCO3)cs1. The molecule has 0 saturated heterocycles. The standard InChI is InChI=1S/C23H23N3O5S/c1-13(27)24-16-9-10-31-18-8-7-14(11-15(16)18)17-12-32-23(25-17)26-22(28)21-19(29-2)5-4-6-20(21)30-3/h4-8,11-12,16H,9-10H2,1-3H3,(H,24,27)(H,25,26,28). The lowest BCUT2D eigenvalue weighted by atomic mass is 9.97. The Balaban J connectivity index is 1.58. The molecule has 1 atom stereocenters. The summed E-state index contributed by atoms with van der Waals surface area (Å²) in [5, 5.41) is 8.11. The first-order chi connectivity index (χ1) is 15.5. The molecule has 2 heterocycles. The molecule has 8 nitrogen and oxygen atoms in total. The Morgan fingerprint density at radius 3 is 2.59 bits per heavy atom. The number of methoxy groups -OCH3 is 2. The number of ether oxygens (including phenoxy) is 3. The molecule has 166 valence electrons. The largest absolute Gasteiger partial charge is 0.496 e. The van der Waals surface area contributed by atoms with Gasteiger partial charge in [0.1, 0.15) is 22.8 Å². The minimum Gasteiger partial charge on any atom is -0.496 e. The topological polar surface area (TPSA) is 98.8 Å². The van der Waals surface area contributed by atoms with Crippen LogP contribution in [0.15, 0.2) is 41.8 Å². The van der Waals surface area contributed by atoms with Crippen molar-refractivity contribution in [1.82, 2.24) is 10.3 Å². The Labute approximate surface area is 189 Å². The van der Waals surface area contributed by atoms with Gasteiger partial charge in [-0.1, -0.05) is 6.07 Å². The molecule has 0 spiro atoms. The summed E-state index contributed by atoms with van der Waals surface area (Å²) in [6.45, 7) is 2.06. The number of carbonyl (C=O) groups is 2. The second-order valence-electron chi connectivity index (χ2n) is 7.17. The summed E-state index contributed by atoms with van der Waals surface area (Å²) >= 11 is 1.32. The molecule has 1 aliphatic rings. The molecule has 1 aromatic heterocycles. The van der Waals surface area contributed by atoms with Gasteiger partial charge in [0.2, 0.25) is 5.91 Å². The van der Waals surface area contributed by atoms with Gasteiger partial charge in [-0.25, -0.2) is 4.98 Å². The van der Waals surface area contributed by atoms with Gasteiger partial charge in [-0.15, -0.1) is 11.3 Å². The maximum Gasteiger partial charge on any atom is 0.265 e. The second kappa shape index (κ2) is 9.27. The van der Waals surface area contributed by atoms with Crippen LogP contribution in [0, 0.1) is 0 Å². The fourth-order valence-electron chi connectivity index (χ4n) is 3.65. The lowest BCUT2D eigenvalue weighted by Gasteiger charge is -2.26. The highest BCUT2D eigenvalue weighted by molar-refractivity contribution is 7.14. The highest BCUT2D eigenvalue weighted by atomic mass is 32.1. The number of carbonyl (C=O) groups excluding carboxylic acids is 2. The van der Waals surface area contributed by atoms with Crippen molar-refractivity contribution < 1.29 is 23.8 Å². The number of anilines is 1. The minimum atomic E-state index is -0.371. The summed E-state index contributed by atoms with van der Waals surface area (Å²) in [6, 6.07) is 10.8. The van der Waals surface area contributed by atoms with E-state index in [1.165, 1.54) is 32.5 Å². The molecule has 0 saturated carbocycles. The summed E-state index contributed by atoms with van der Waals surface area (Å²) in [6.07, 6.45) is 0.704. The van der Waals surface area contributed by atoms with E-state index in [-0.39, 0.29) is 17.9 Å². The fraction of sp³-hybridized carbons (Fsp3) is 0.261. The van der Waals surface area contributed by atoms with Gasteiger partial charge in [0.05, 0.1) is 32.6 Å². The zero-order valence-electron chi connectivity index (χ0n) is 17.9. The Bertz CT molecular complexity index is 1140. The van der Waals surface area contributed by atoms with E-state index in [9.17, 15) is 9.59 Å². The molecule has 2 aromatic carbocycles. The van der Waals surface area contributed by atoms with E-state index in [0.29, 0.717) is 40.9 Å². The van der Waals surface area contributed by atoms with Crippen LogP contribution >= 0.6 is 11.3 Å². The smallest absolute Gasteiger partial charge is 0.265 e. The highest BCUT2D eigenvalue weighted by Crippen LogP contribution is 2.36. The van der Waals surface area contributed by atoms with Gasteiger partial charge in [0.15, 0.2) is 5.13 Å². The van der Waals surface area contributed by atoms with Crippen molar-refractivity contribution in [3.8, 4) is 28.5 Å². The van der Waals surface area contributed by atoms with Crippen molar-refractivity contribution in [2.45, 2.75) is 19.4 Å². The van der Waals surface area contributed by atoms with Crippen LogP contribution in [0.1, 0.15) is 35.3 Å². The van der Waals surface area contributed by atoms with E-state index in [1.54, 1.807) is 18.2 Å². The number of nitrogens with one attached hydrogen (secondary N) is 2.